The molecule has 2 aromatic rings. The molecule has 0 amide bonds. The zero-order chi connectivity index (χ0) is 15.1. The minimum absolute atomic E-state index is 0.507. The molecule has 0 fully saturated rings. The highest BCUT2D eigenvalue weighted by Crippen LogP contribution is 2.26. The van der Waals surface area contributed by atoms with Gasteiger partial charge in [0.2, 0.25) is 0 Å². The average molecular weight is 324 g/mol. The summed E-state index contributed by atoms with van der Waals surface area (Å²) in [5.74, 6) is 0.723. The van der Waals surface area contributed by atoms with Crippen LogP contribution >= 0.6 is 23.2 Å². The van der Waals surface area contributed by atoms with Gasteiger partial charge < -0.3 is 10.1 Å². The molecule has 21 heavy (non-hydrogen) atoms. The van der Waals surface area contributed by atoms with E-state index in [-0.39, 0.29) is 0 Å². The highest BCUT2D eigenvalue weighted by molar-refractivity contribution is 6.42. The summed E-state index contributed by atoms with van der Waals surface area (Å²) in [5, 5.41) is 4.36. The van der Waals surface area contributed by atoms with Gasteiger partial charge in [0.1, 0.15) is 12.4 Å². The Morgan fingerprint density at radius 2 is 1.67 bits per heavy atom. The Labute approximate surface area is 136 Å². The third-order valence-corrected chi connectivity index (χ3v) is 3.90. The summed E-state index contributed by atoms with van der Waals surface area (Å²) in [7, 11) is 0. The van der Waals surface area contributed by atoms with Gasteiger partial charge >= 0.3 is 0 Å². The van der Waals surface area contributed by atoms with Gasteiger partial charge in [-0.3, -0.25) is 0 Å². The summed E-state index contributed by atoms with van der Waals surface area (Å²) in [6, 6.07) is 13.8. The van der Waals surface area contributed by atoms with Crippen LogP contribution in [0.4, 0.5) is 0 Å². The lowest BCUT2D eigenvalue weighted by atomic mass is 10.1. The molecule has 0 aromatic heterocycles. The van der Waals surface area contributed by atoms with E-state index in [0.717, 1.165) is 30.8 Å². The van der Waals surface area contributed by atoms with Crippen LogP contribution in [0, 0.1) is 0 Å². The molecular weight excluding hydrogens is 305 g/mol. The molecular formula is C17H19Cl2NO. The van der Waals surface area contributed by atoms with Crippen molar-refractivity contribution in [1.82, 2.24) is 5.32 Å². The second kappa shape index (κ2) is 8.28. The molecule has 2 aromatic carbocycles. The first-order valence-electron chi connectivity index (χ1n) is 7.05. The summed E-state index contributed by atoms with van der Waals surface area (Å²) in [4.78, 5) is 0. The van der Waals surface area contributed by atoms with Crippen LogP contribution in [0.3, 0.4) is 0 Å². The van der Waals surface area contributed by atoms with Gasteiger partial charge in [-0.05, 0) is 42.8 Å². The van der Waals surface area contributed by atoms with Crippen LogP contribution in [0.2, 0.25) is 10.0 Å². The van der Waals surface area contributed by atoms with Gasteiger partial charge in [-0.15, -0.1) is 0 Å². The van der Waals surface area contributed by atoms with Crippen LogP contribution in [0.5, 0.6) is 5.75 Å². The van der Waals surface area contributed by atoms with Gasteiger partial charge in [0, 0.05) is 6.07 Å². The fraction of sp³-hybridized carbons (Fsp3) is 0.294. The van der Waals surface area contributed by atoms with Crippen molar-refractivity contribution in [3.63, 3.8) is 0 Å². The van der Waals surface area contributed by atoms with Gasteiger partial charge in [0.15, 0.2) is 0 Å². The third kappa shape index (κ3) is 5.24. The molecule has 0 atom stereocenters. The fourth-order valence-corrected chi connectivity index (χ4v) is 2.23. The number of nitrogens with one attached hydrogen (secondary N) is 1. The second-order valence-electron chi connectivity index (χ2n) is 4.78. The Bertz CT molecular complexity index is 570. The van der Waals surface area contributed by atoms with Crippen molar-refractivity contribution in [1.29, 1.82) is 0 Å². The molecule has 0 saturated heterocycles. The number of rotatable bonds is 7. The summed E-state index contributed by atoms with van der Waals surface area (Å²) in [5.41, 5.74) is 2.46. The maximum absolute atomic E-state index is 5.96. The van der Waals surface area contributed by atoms with E-state index in [0.29, 0.717) is 16.7 Å². The van der Waals surface area contributed by atoms with Crippen molar-refractivity contribution >= 4 is 23.2 Å². The van der Waals surface area contributed by atoms with Gasteiger partial charge in [0.05, 0.1) is 10.0 Å². The SMILES string of the molecule is CCNCCc1ccc(COc2ccc(Cl)c(Cl)c2)cc1. The van der Waals surface area contributed by atoms with Gasteiger partial charge in [-0.25, -0.2) is 0 Å². The number of likely N-dealkylation sites (N-methyl/N-ethyl adjacent to an activating group) is 1. The van der Waals surface area contributed by atoms with Crippen molar-refractivity contribution in [2.24, 2.45) is 0 Å². The maximum Gasteiger partial charge on any atom is 0.121 e. The van der Waals surface area contributed by atoms with Crippen LogP contribution < -0.4 is 10.1 Å². The quantitative estimate of drug-likeness (QED) is 0.744. The minimum Gasteiger partial charge on any atom is -0.489 e. The zero-order valence-electron chi connectivity index (χ0n) is 12.0. The highest BCUT2D eigenvalue weighted by Gasteiger charge is 2.01. The lowest BCUT2D eigenvalue weighted by molar-refractivity contribution is 0.306. The molecule has 112 valence electrons. The Morgan fingerprint density at radius 1 is 0.952 bits per heavy atom. The molecule has 0 saturated carbocycles. The van der Waals surface area contributed by atoms with Crippen molar-refractivity contribution < 1.29 is 4.74 Å². The normalized spacial score (nSPS) is 10.6. The predicted octanol–water partition coefficient (Wildman–Crippen LogP) is 4.72. The van der Waals surface area contributed by atoms with Crippen molar-refractivity contribution in [3.8, 4) is 5.75 Å². The van der Waals surface area contributed by atoms with E-state index in [1.807, 2.05) is 6.07 Å². The zero-order valence-corrected chi connectivity index (χ0v) is 13.5. The van der Waals surface area contributed by atoms with Crippen LogP contribution in [0.25, 0.3) is 0 Å². The van der Waals surface area contributed by atoms with Crippen LogP contribution in [-0.4, -0.2) is 13.1 Å². The summed E-state index contributed by atoms with van der Waals surface area (Å²) < 4.78 is 5.71. The number of benzene rings is 2. The molecule has 0 aliphatic heterocycles. The van der Waals surface area contributed by atoms with E-state index < -0.39 is 0 Å². The first-order chi connectivity index (χ1) is 10.2. The molecule has 2 rings (SSSR count). The second-order valence-corrected chi connectivity index (χ2v) is 5.60. The van der Waals surface area contributed by atoms with E-state index in [4.69, 9.17) is 27.9 Å². The van der Waals surface area contributed by atoms with Crippen LogP contribution in [0.1, 0.15) is 18.1 Å². The van der Waals surface area contributed by atoms with E-state index >= 15 is 0 Å². The van der Waals surface area contributed by atoms with Crippen molar-refractivity contribution in [3.05, 3.63) is 63.6 Å². The van der Waals surface area contributed by atoms with Crippen LogP contribution in [-0.2, 0) is 13.0 Å². The molecule has 0 spiro atoms. The molecule has 0 radical (unpaired) electrons. The minimum atomic E-state index is 0.507. The van der Waals surface area contributed by atoms with E-state index in [1.165, 1.54) is 5.56 Å². The van der Waals surface area contributed by atoms with E-state index in [2.05, 4.69) is 36.5 Å². The molecule has 2 nitrogen and oxygen atoms in total. The molecule has 0 bridgehead atoms. The van der Waals surface area contributed by atoms with Crippen molar-refractivity contribution in [2.45, 2.75) is 20.0 Å². The Kier molecular flexibility index (Phi) is 6.37. The molecule has 0 unspecified atom stereocenters. The monoisotopic (exact) mass is 323 g/mol. The Balaban J connectivity index is 1.86. The predicted molar refractivity (Wildman–Crippen MR) is 89.5 cm³/mol. The third-order valence-electron chi connectivity index (χ3n) is 3.16. The summed E-state index contributed by atoms with van der Waals surface area (Å²) >= 11 is 11.8. The lowest BCUT2D eigenvalue weighted by Gasteiger charge is -2.08. The molecule has 0 aliphatic rings. The fourth-order valence-electron chi connectivity index (χ4n) is 1.94. The number of hydrogen-bond donors (Lipinski definition) is 1. The molecule has 0 aliphatic carbocycles. The number of hydrogen-bond acceptors (Lipinski definition) is 2. The van der Waals surface area contributed by atoms with Gasteiger partial charge in [-0.2, -0.15) is 0 Å². The van der Waals surface area contributed by atoms with E-state index in [1.54, 1.807) is 12.1 Å². The molecule has 4 heteroatoms. The first kappa shape index (κ1) is 16.2. The van der Waals surface area contributed by atoms with Crippen molar-refractivity contribution in [2.75, 3.05) is 13.1 Å². The average Bonchev–Trinajstić information content (AvgIpc) is 2.50. The van der Waals surface area contributed by atoms with Crippen LogP contribution in [0.15, 0.2) is 42.5 Å². The summed E-state index contributed by atoms with van der Waals surface area (Å²) in [6.45, 7) is 4.65. The number of ether oxygens (including phenoxy) is 1. The molecule has 1 N–H and O–H groups in total. The lowest BCUT2D eigenvalue weighted by Crippen LogP contribution is -2.15. The maximum atomic E-state index is 5.96. The first-order valence-corrected chi connectivity index (χ1v) is 7.81. The topological polar surface area (TPSA) is 21.3 Å². The van der Waals surface area contributed by atoms with E-state index in [9.17, 15) is 0 Å². The smallest absolute Gasteiger partial charge is 0.121 e. The molecule has 0 heterocycles. The number of halogens is 2. The van der Waals surface area contributed by atoms with Gasteiger partial charge in [-0.1, -0.05) is 54.4 Å². The highest BCUT2D eigenvalue weighted by atomic mass is 35.5. The standard InChI is InChI=1S/C17H19Cl2NO/c1-2-20-10-9-13-3-5-14(6-4-13)12-21-15-7-8-16(18)17(19)11-15/h3-8,11,20H,2,9-10,12H2,1H3. The largest absolute Gasteiger partial charge is 0.489 e. The Morgan fingerprint density at radius 3 is 2.33 bits per heavy atom. The summed E-state index contributed by atoms with van der Waals surface area (Å²) in [6.07, 6.45) is 1.04. The van der Waals surface area contributed by atoms with Gasteiger partial charge in [0.25, 0.3) is 0 Å². The Hall–Kier alpha value is -1.22.